The number of carbonyl (C=O) groups excluding carboxylic acids is 1. The number of aromatic hydroxyl groups is 2. The number of carbonyl (C=O) groups is 1. The highest BCUT2D eigenvalue weighted by atomic mass is 16.5. The second-order valence-corrected chi connectivity index (χ2v) is 16.9. The molecule has 7 N–H and O–H groups in total. The number of anilines is 1. The van der Waals surface area contributed by atoms with Gasteiger partial charge in [0.2, 0.25) is 0 Å². The van der Waals surface area contributed by atoms with Crippen molar-refractivity contribution in [3.05, 3.63) is 92.7 Å². The molecule has 1 saturated carbocycles. The lowest BCUT2D eigenvalue weighted by atomic mass is 9.65. The van der Waals surface area contributed by atoms with E-state index in [2.05, 4.69) is 52.1 Å². The van der Waals surface area contributed by atoms with Gasteiger partial charge in [-0.15, -0.1) is 0 Å². The predicted octanol–water partition coefficient (Wildman–Crippen LogP) is 5.58. The third-order valence-corrected chi connectivity index (χ3v) is 13.3. The molecule has 0 amide bonds. The van der Waals surface area contributed by atoms with Crippen molar-refractivity contribution >= 4 is 17.9 Å². The van der Waals surface area contributed by atoms with E-state index in [1.807, 2.05) is 39.4 Å². The topological polar surface area (TPSA) is 169 Å². The molecule has 5 aliphatic rings. The lowest BCUT2D eigenvalue weighted by Gasteiger charge is -2.39. The van der Waals surface area contributed by atoms with Crippen LogP contribution in [-0.2, 0) is 40.8 Å². The number of aromatic nitrogens is 1. The molecule has 4 aromatic rings. The number of benzene rings is 3. The third-order valence-electron chi connectivity index (χ3n) is 13.3. The summed E-state index contributed by atoms with van der Waals surface area (Å²) in [5.41, 5.74) is 15.7. The minimum atomic E-state index is -0.668. The van der Waals surface area contributed by atoms with Crippen LogP contribution in [-0.4, -0.2) is 74.7 Å². The van der Waals surface area contributed by atoms with Crippen molar-refractivity contribution in [1.29, 1.82) is 0 Å². The average Bonchev–Trinajstić information content (AvgIpc) is 3.73. The van der Waals surface area contributed by atoms with Crippen LogP contribution in [0.3, 0.4) is 0 Å². The molecule has 2 aliphatic carbocycles. The summed E-state index contributed by atoms with van der Waals surface area (Å²) < 4.78 is 26.3. The van der Waals surface area contributed by atoms with E-state index in [4.69, 9.17) is 29.7 Å². The van der Waals surface area contributed by atoms with E-state index in [0.717, 1.165) is 75.9 Å². The van der Waals surface area contributed by atoms with Crippen LogP contribution in [0.2, 0.25) is 0 Å². The van der Waals surface area contributed by atoms with Crippen LogP contribution in [0.4, 0.5) is 5.82 Å². The summed E-state index contributed by atoms with van der Waals surface area (Å²) in [5, 5.41) is 33.2. The summed E-state index contributed by atoms with van der Waals surface area (Å²) in [6.07, 6.45) is 7.52. The fraction of sp³-hybridized carbons (Fsp3) is 0.417. The number of nitrogens with zero attached hydrogens (tertiary/aromatic N) is 1. The number of nitrogen functional groups attached to an aromatic ring is 1. The number of methoxy groups -OCH3 is 1. The second kappa shape index (κ2) is 15.7. The number of nitrogens with one attached hydrogen (secondary N) is 3. The molecule has 9 rings (SSSR count). The number of ether oxygens (including phenoxy) is 4. The number of fused-ring (bicyclic) bond motifs is 9. The third kappa shape index (κ3) is 6.60. The largest absolute Gasteiger partial charge is 0.508 e. The Morgan fingerprint density at radius 2 is 1.93 bits per heavy atom. The Hall–Kier alpha value is -5.74. The molecule has 4 heterocycles. The molecule has 1 spiro atoms. The molecule has 1 fully saturated rings. The van der Waals surface area contributed by atoms with Gasteiger partial charge in [-0.1, -0.05) is 36.3 Å². The first-order valence-corrected chi connectivity index (χ1v) is 20.9. The summed E-state index contributed by atoms with van der Waals surface area (Å²) >= 11 is 0. The SMILES string of the molecule is CNCc1c(O)c2c(c3c1CC#Cc1nc(N)ccc1C[C@@H]1CC[C@@]4(Cc5cc(O)cc(OC)c5-c5ccc6c(c54)O[C@H]3[C@H]6COC(C)=O)C1)C=C[C@H](NC)[C@H](CNC)O2. The molecule has 12 nitrogen and oxygen atoms in total. The van der Waals surface area contributed by atoms with Crippen LogP contribution < -0.4 is 35.9 Å². The number of phenolic OH excluding ortho intramolecular Hbond substituents is 2. The van der Waals surface area contributed by atoms with Crippen LogP contribution in [0.5, 0.6) is 28.7 Å². The van der Waals surface area contributed by atoms with Crippen molar-refractivity contribution in [2.75, 3.05) is 47.1 Å². The summed E-state index contributed by atoms with van der Waals surface area (Å²) in [6.45, 7) is 2.34. The van der Waals surface area contributed by atoms with E-state index in [9.17, 15) is 15.0 Å². The normalized spacial score (nSPS) is 24.1. The maximum absolute atomic E-state index is 12.6. The number of hydrogen-bond acceptors (Lipinski definition) is 12. The zero-order chi connectivity index (χ0) is 41.9. The lowest BCUT2D eigenvalue weighted by molar-refractivity contribution is -0.141. The number of likely N-dealkylation sites (N-methyl/N-ethyl adjacent to an activating group) is 2. The average molecular weight is 812 g/mol. The first kappa shape index (κ1) is 39.7. The first-order valence-electron chi connectivity index (χ1n) is 20.9. The Morgan fingerprint density at radius 3 is 2.70 bits per heavy atom. The molecular weight excluding hydrogens is 759 g/mol. The highest BCUT2D eigenvalue weighted by Crippen LogP contribution is 2.63. The number of rotatable bonds is 8. The maximum atomic E-state index is 12.6. The van der Waals surface area contributed by atoms with Gasteiger partial charge in [0.1, 0.15) is 47.6 Å². The Bertz CT molecular complexity index is 2490. The molecule has 60 heavy (non-hydrogen) atoms. The standard InChI is InChI=1S/C48H53N5O7/c1-25(54)58-24-35-31-10-11-32-41-28(18-29(55)19-38(41)57-5)21-48-16-15-26(20-48)17-27-9-14-40(49)53-36(27)8-6-7-30-34(22-50-2)44(56)47-33(42(30)45(35)60-46(31)43(32)48)12-13-37(52-4)39(59-47)23-51-3/h9-14,18-19,26,35,37,39,45,50-52,55-56H,7,15-17,20-24H2,1-5H3,(H2,49,53)/t26-,35-,37-,39-,45-,48-/m0/s1. The number of nitrogens with two attached hydrogens (primary N) is 1. The quantitative estimate of drug-likeness (QED) is 0.0968. The smallest absolute Gasteiger partial charge is 0.302 e. The Labute approximate surface area is 350 Å². The molecule has 6 atom stereocenters. The summed E-state index contributed by atoms with van der Waals surface area (Å²) in [7, 11) is 7.25. The number of phenols is 2. The molecule has 12 heteroatoms. The van der Waals surface area contributed by atoms with Crippen molar-refractivity contribution in [1.82, 2.24) is 20.9 Å². The maximum Gasteiger partial charge on any atom is 0.302 e. The van der Waals surface area contributed by atoms with Gasteiger partial charge in [-0.2, -0.15) is 0 Å². The van der Waals surface area contributed by atoms with E-state index in [1.165, 1.54) is 6.92 Å². The van der Waals surface area contributed by atoms with E-state index in [1.54, 1.807) is 13.2 Å². The Morgan fingerprint density at radius 1 is 1.08 bits per heavy atom. The van der Waals surface area contributed by atoms with Crippen molar-refractivity contribution in [2.45, 2.75) is 81.6 Å². The molecule has 0 radical (unpaired) electrons. The van der Waals surface area contributed by atoms with Crippen LogP contribution in [0.1, 0.15) is 88.4 Å². The van der Waals surface area contributed by atoms with Gasteiger partial charge in [0.25, 0.3) is 0 Å². The van der Waals surface area contributed by atoms with Gasteiger partial charge < -0.3 is 50.8 Å². The minimum Gasteiger partial charge on any atom is -0.508 e. The molecule has 3 aromatic carbocycles. The number of hydrogen-bond donors (Lipinski definition) is 6. The van der Waals surface area contributed by atoms with E-state index >= 15 is 0 Å². The van der Waals surface area contributed by atoms with Crippen LogP contribution >= 0.6 is 0 Å². The van der Waals surface area contributed by atoms with Gasteiger partial charge in [-0.25, -0.2) is 4.98 Å². The number of esters is 1. The van der Waals surface area contributed by atoms with E-state index < -0.39 is 12.0 Å². The fourth-order valence-electron chi connectivity index (χ4n) is 10.8. The van der Waals surface area contributed by atoms with Gasteiger partial charge in [-0.05, 0) is 99.5 Å². The zero-order valence-corrected chi connectivity index (χ0v) is 34.8. The second-order valence-electron chi connectivity index (χ2n) is 16.9. The Kier molecular flexibility index (Phi) is 10.4. The fourth-order valence-corrected chi connectivity index (χ4v) is 10.8. The highest BCUT2D eigenvalue weighted by Gasteiger charge is 2.51. The van der Waals surface area contributed by atoms with Crippen LogP contribution in [0, 0.1) is 17.8 Å². The summed E-state index contributed by atoms with van der Waals surface area (Å²) in [5.74, 6) is 8.72. The van der Waals surface area contributed by atoms with E-state index in [0.29, 0.717) is 59.6 Å². The molecule has 0 unspecified atom stereocenters. The highest BCUT2D eigenvalue weighted by molar-refractivity contribution is 5.85. The van der Waals surface area contributed by atoms with Crippen molar-refractivity contribution in [2.24, 2.45) is 5.92 Å². The van der Waals surface area contributed by atoms with Gasteiger partial charge in [0, 0.05) is 71.3 Å². The zero-order valence-electron chi connectivity index (χ0n) is 34.8. The Balaban J connectivity index is 1.36. The van der Waals surface area contributed by atoms with Crippen molar-refractivity contribution in [3.63, 3.8) is 0 Å². The molecule has 4 bridgehead atoms. The van der Waals surface area contributed by atoms with Crippen LogP contribution in [0.15, 0.2) is 42.5 Å². The van der Waals surface area contributed by atoms with Gasteiger partial charge >= 0.3 is 5.97 Å². The predicted molar refractivity (Wildman–Crippen MR) is 230 cm³/mol. The molecular formula is C48H53N5O7. The monoisotopic (exact) mass is 811 g/mol. The van der Waals surface area contributed by atoms with Crippen molar-refractivity contribution in [3.8, 4) is 51.7 Å². The van der Waals surface area contributed by atoms with E-state index in [-0.39, 0.29) is 48.1 Å². The van der Waals surface area contributed by atoms with Crippen molar-refractivity contribution < 1.29 is 34.0 Å². The lowest BCUT2D eigenvalue weighted by Crippen LogP contribution is -2.45. The summed E-state index contributed by atoms with van der Waals surface area (Å²) in [4.78, 5) is 17.4. The molecule has 0 saturated heterocycles. The van der Waals surface area contributed by atoms with Gasteiger partial charge in [0.15, 0.2) is 11.5 Å². The molecule has 312 valence electrons. The number of pyridine rings is 1. The molecule has 3 aliphatic heterocycles. The van der Waals surface area contributed by atoms with Gasteiger partial charge in [0.05, 0.1) is 19.1 Å². The molecule has 1 aromatic heterocycles. The minimum absolute atomic E-state index is 0.0377. The van der Waals surface area contributed by atoms with Gasteiger partial charge in [-0.3, -0.25) is 4.79 Å². The summed E-state index contributed by atoms with van der Waals surface area (Å²) in [6, 6.07) is 11.6. The first-order chi connectivity index (χ1) is 29.1. The van der Waals surface area contributed by atoms with Crippen LogP contribution in [0.25, 0.3) is 17.2 Å².